The van der Waals surface area contributed by atoms with Gasteiger partial charge in [0.05, 0.1) is 25.6 Å². The molecule has 0 amide bonds. The van der Waals surface area contributed by atoms with E-state index in [9.17, 15) is 0 Å². The fourth-order valence-corrected chi connectivity index (χ4v) is 3.10. The number of ether oxygens (including phenoxy) is 2. The average molecular weight is 371 g/mol. The van der Waals surface area contributed by atoms with Gasteiger partial charge in [-0.2, -0.15) is 5.10 Å². The molecule has 0 unspecified atom stereocenters. The van der Waals surface area contributed by atoms with Gasteiger partial charge in [0, 0.05) is 16.7 Å². The summed E-state index contributed by atoms with van der Waals surface area (Å²) in [4.78, 5) is 4.84. The predicted molar refractivity (Wildman–Crippen MR) is 112 cm³/mol. The summed E-state index contributed by atoms with van der Waals surface area (Å²) in [5.74, 6) is 2.30. The Morgan fingerprint density at radius 1 is 0.750 bits per heavy atom. The van der Waals surface area contributed by atoms with Crippen LogP contribution in [0.25, 0.3) is 0 Å². The van der Waals surface area contributed by atoms with Crippen LogP contribution in [0.3, 0.4) is 0 Å². The van der Waals surface area contributed by atoms with Gasteiger partial charge in [-0.05, 0) is 67.6 Å². The highest BCUT2D eigenvalue weighted by molar-refractivity contribution is 6.18. The van der Waals surface area contributed by atoms with E-state index in [1.165, 1.54) is 0 Å². The van der Waals surface area contributed by atoms with Gasteiger partial charge in [-0.3, -0.25) is 5.43 Å². The maximum atomic E-state index is 5.28. The summed E-state index contributed by atoms with van der Waals surface area (Å²) >= 11 is 0. The largest absolute Gasteiger partial charge is 0.497 e. The molecule has 1 aliphatic rings. The van der Waals surface area contributed by atoms with E-state index in [1.807, 2.05) is 54.6 Å². The van der Waals surface area contributed by atoms with Crippen molar-refractivity contribution in [2.75, 3.05) is 14.2 Å². The first-order valence-electron chi connectivity index (χ1n) is 9.00. The number of amidine groups is 1. The molecule has 0 saturated carbocycles. The van der Waals surface area contributed by atoms with E-state index < -0.39 is 0 Å². The molecule has 0 fully saturated rings. The van der Waals surface area contributed by atoms with Gasteiger partial charge in [0.1, 0.15) is 11.5 Å². The predicted octanol–water partition coefficient (Wildman–Crippen LogP) is 4.45. The lowest BCUT2D eigenvalue weighted by atomic mass is 9.99. The van der Waals surface area contributed by atoms with Gasteiger partial charge in [-0.25, -0.2) is 4.99 Å². The quantitative estimate of drug-likeness (QED) is 0.737. The van der Waals surface area contributed by atoms with E-state index in [-0.39, 0.29) is 0 Å². The zero-order valence-corrected chi connectivity index (χ0v) is 16.1. The minimum absolute atomic E-state index is 0.691. The number of nitrogens with one attached hydrogen (secondary N) is 1. The van der Waals surface area contributed by atoms with Crippen LogP contribution in [0.15, 0.2) is 76.8 Å². The lowest BCUT2D eigenvalue weighted by molar-refractivity contribution is 0.414. The van der Waals surface area contributed by atoms with Gasteiger partial charge >= 0.3 is 0 Å². The fraction of sp³-hybridized carbons (Fsp3) is 0.130. The molecule has 0 saturated heterocycles. The van der Waals surface area contributed by atoms with Gasteiger partial charge in [0.2, 0.25) is 0 Å². The van der Waals surface area contributed by atoms with Crippen LogP contribution in [0.4, 0.5) is 5.69 Å². The van der Waals surface area contributed by atoms with Gasteiger partial charge in [-0.1, -0.05) is 11.6 Å². The Morgan fingerprint density at radius 3 is 1.96 bits per heavy atom. The lowest BCUT2D eigenvalue weighted by Gasteiger charge is -2.09. The molecule has 140 valence electrons. The molecular formula is C23H21N3O2. The lowest BCUT2D eigenvalue weighted by Crippen LogP contribution is -2.19. The fourth-order valence-electron chi connectivity index (χ4n) is 3.10. The monoisotopic (exact) mass is 371 g/mol. The van der Waals surface area contributed by atoms with Gasteiger partial charge in [-0.15, -0.1) is 0 Å². The topological polar surface area (TPSA) is 55.2 Å². The van der Waals surface area contributed by atoms with Crippen LogP contribution in [-0.4, -0.2) is 25.8 Å². The number of nitrogens with zero attached hydrogens (tertiary/aromatic N) is 2. The Balaban J connectivity index is 1.80. The molecule has 3 aromatic rings. The van der Waals surface area contributed by atoms with Crippen molar-refractivity contribution in [1.29, 1.82) is 0 Å². The Kier molecular flexibility index (Phi) is 4.81. The molecule has 3 aromatic carbocycles. The van der Waals surface area contributed by atoms with Crippen molar-refractivity contribution in [3.8, 4) is 11.5 Å². The third kappa shape index (κ3) is 3.47. The van der Waals surface area contributed by atoms with Crippen LogP contribution < -0.4 is 14.9 Å². The zero-order chi connectivity index (χ0) is 19.5. The molecular weight excluding hydrogens is 350 g/mol. The summed E-state index contributed by atoms with van der Waals surface area (Å²) in [5, 5.41) is 4.70. The molecule has 0 spiro atoms. The van der Waals surface area contributed by atoms with E-state index >= 15 is 0 Å². The van der Waals surface area contributed by atoms with Gasteiger partial charge in [0.25, 0.3) is 0 Å². The summed E-state index contributed by atoms with van der Waals surface area (Å²) in [6, 6.07) is 21.8. The smallest absolute Gasteiger partial charge is 0.154 e. The van der Waals surface area contributed by atoms with Crippen molar-refractivity contribution in [1.82, 2.24) is 5.43 Å². The van der Waals surface area contributed by atoms with Crippen LogP contribution in [0.2, 0.25) is 0 Å². The van der Waals surface area contributed by atoms with Crippen LogP contribution in [0.5, 0.6) is 11.5 Å². The SMILES string of the molecule is COc1ccc(C2=Nc3ccc(C)cc3C(c3ccc(OC)cc3)=NN2)cc1. The summed E-state index contributed by atoms with van der Waals surface area (Å²) in [5.41, 5.74) is 8.93. The summed E-state index contributed by atoms with van der Waals surface area (Å²) < 4.78 is 10.5. The zero-order valence-electron chi connectivity index (χ0n) is 16.1. The Bertz CT molecular complexity index is 1050. The number of hydrogen-bond acceptors (Lipinski definition) is 5. The highest BCUT2D eigenvalue weighted by atomic mass is 16.5. The first kappa shape index (κ1) is 17.8. The minimum atomic E-state index is 0.691. The number of rotatable bonds is 4. The molecule has 0 radical (unpaired) electrons. The van der Waals surface area contributed by atoms with E-state index in [4.69, 9.17) is 19.6 Å². The highest BCUT2D eigenvalue weighted by Crippen LogP contribution is 2.27. The number of methoxy groups -OCH3 is 2. The number of benzene rings is 3. The first-order chi connectivity index (χ1) is 13.7. The molecule has 0 aliphatic carbocycles. The first-order valence-corrected chi connectivity index (χ1v) is 9.00. The van der Waals surface area contributed by atoms with Gasteiger partial charge < -0.3 is 9.47 Å². The molecule has 0 bridgehead atoms. The molecule has 0 atom stereocenters. The highest BCUT2D eigenvalue weighted by Gasteiger charge is 2.17. The van der Waals surface area contributed by atoms with Crippen LogP contribution in [0.1, 0.15) is 22.3 Å². The van der Waals surface area contributed by atoms with Crippen LogP contribution >= 0.6 is 0 Å². The van der Waals surface area contributed by atoms with Gasteiger partial charge in [0.15, 0.2) is 5.84 Å². The average Bonchev–Trinajstić information content (AvgIpc) is 2.93. The van der Waals surface area contributed by atoms with Crippen molar-refractivity contribution in [3.05, 3.63) is 89.0 Å². The van der Waals surface area contributed by atoms with E-state index in [0.29, 0.717) is 5.84 Å². The standard InChI is InChI=1S/C23H21N3O2/c1-15-4-13-21-20(14-15)22(16-5-9-18(27-2)10-6-16)25-26-23(24-21)17-7-11-19(28-3)12-8-17/h4-14H,1-3H3,(H,24,26). The number of aryl methyl sites for hydroxylation is 1. The molecule has 1 heterocycles. The third-order valence-electron chi connectivity index (χ3n) is 4.64. The molecule has 28 heavy (non-hydrogen) atoms. The maximum absolute atomic E-state index is 5.28. The van der Waals surface area contributed by atoms with E-state index in [0.717, 1.165) is 45.2 Å². The van der Waals surface area contributed by atoms with E-state index in [1.54, 1.807) is 14.2 Å². The summed E-state index contributed by atoms with van der Waals surface area (Å²) in [6.07, 6.45) is 0. The molecule has 4 rings (SSSR count). The maximum Gasteiger partial charge on any atom is 0.154 e. The second-order valence-corrected chi connectivity index (χ2v) is 6.51. The van der Waals surface area contributed by atoms with Crippen molar-refractivity contribution in [2.45, 2.75) is 6.92 Å². The van der Waals surface area contributed by atoms with Crippen molar-refractivity contribution >= 4 is 17.2 Å². The molecule has 1 aliphatic heterocycles. The Labute approximate surface area is 164 Å². The summed E-state index contributed by atoms with van der Waals surface area (Å²) in [6.45, 7) is 2.07. The summed E-state index contributed by atoms with van der Waals surface area (Å²) in [7, 11) is 3.31. The number of aliphatic imine (C=N–C) groups is 1. The number of hydrazone groups is 1. The third-order valence-corrected chi connectivity index (χ3v) is 4.64. The van der Waals surface area contributed by atoms with Crippen molar-refractivity contribution < 1.29 is 9.47 Å². The minimum Gasteiger partial charge on any atom is -0.497 e. The van der Waals surface area contributed by atoms with Crippen LogP contribution in [-0.2, 0) is 0 Å². The Hall–Kier alpha value is -3.60. The van der Waals surface area contributed by atoms with Crippen LogP contribution in [0, 0.1) is 6.92 Å². The normalized spacial score (nSPS) is 12.8. The van der Waals surface area contributed by atoms with Crippen molar-refractivity contribution in [3.63, 3.8) is 0 Å². The molecule has 5 nitrogen and oxygen atoms in total. The van der Waals surface area contributed by atoms with E-state index in [2.05, 4.69) is 24.5 Å². The molecule has 1 N–H and O–H groups in total. The number of hydrogen-bond donors (Lipinski definition) is 1. The number of fused-ring (bicyclic) bond motifs is 1. The second-order valence-electron chi connectivity index (χ2n) is 6.51. The second kappa shape index (κ2) is 7.56. The van der Waals surface area contributed by atoms with Crippen molar-refractivity contribution in [2.24, 2.45) is 10.1 Å². The molecule has 5 heteroatoms. The Morgan fingerprint density at radius 2 is 1.36 bits per heavy atom. The molecule has 0 aromatic heterocycles.